The number of nitrogens with zero attached hydrogens (tertiary/aromatic N) is 2. The molecule has 4 nitrogen and oxygen atoms in total. The van der Waals surface area contributed by atoms with E-state index in [9.17, 15) is 0 Å². The maximum absolute atomic E-state index is 5.47. The fourth-order valence-corrected chi connectivity index (χ4v) is 3.49. The van der Waals surface area contributed by atoms with Crippen LogP contribution in [0.5, 0.6) is 0 Å². The summed E-state index contributed by atoms with van der Waals surface area (Å²) in [7, 11) is 0. The van der Waals surface area contributed by atoms with E-state index in [1.54, 1.807) is 0 Å². The number of ether oxygens (including phenoxy) is 1. The molecule has 0 spiro atoms. The number of hydrogen-bond donors (Lipinski definition) is 1. The summed E-state index contributed by atoms with van der Waals surface area (Å²) in [5.74, 6) is 0.817. The quantitative estimate of drug-likeness (QED) is 0.911. The van der Waals surface area contributed by atoms with Gasteiger partial charge in [-0.1, -0.05) is 6.42 Å². The lowest BCUT2D eigenvalue weighted by Gasteiger charge is -2.38. The number of nitrogens with one attached hydrogen (secondary N) is 1. The van der Waals surface area contributed by atoms with Crippen LogP contribution >= 0.6 is 0 Å². The van der Waals surface area contributed by atoms with E-state index < -0.39 is 0 Å². The van der Waals surface area contributed by atoms with Crippen LogP contribution in [0, 0.1) is 12.8 Å². The summed E-state index contributed by atoms with van der Waals surface area (Å²) in [4.78, 5) is 2.68. The highest BCUT2D eigenvalue weighted by Gasteiger charge is 2.28. The average Bonchev–Trinajstić information content (AvgIpc) is 2.87. The second kappa shape index (κ2) is 6.06. The van der Waals surface area contributed by atoms with Crippen LogP contribution in [-0.4, -0.2) is 41.4 Å². The molecule has 2 saturated heterocycles. The number of aryl methyl sites for hydroxylation is 1. The van der Waals surface area contributed by atoms with Gasteiger partial charge in [-0.2, -0.15) is 5.10 Å². The van der Waals surface area contributed by atoms with Gasteiger partial charge < -0.3 is 4.74 Å². The van der Waals surface area contributed by atoms with Crippen molar-refractivity contribution in [3.63, 3.8) is 0 Å². The number of hydrogen-bond acceptors (Lipinski definition) is 3. The van der Waals surface area contributed by atoms with Crippen LogP contribution < -0.4 is 0 Å². The second-order valence-corrected chi connectivity index (χ2v) is 6.03. The molecule has 1 aromatic heterocycles. The summed E-state index contributed by atoms with van der Waals surface area (Å²) in [6.07, 6.45) is 8.36. The van der Waals surface area contributed by atoms with Crippen LogP contribution in [0.1, 0.15) is 49.4 Å². The summed E-state index contributed by atoms with van der Waals surface area (Å²) in [6.45, 7) is 6.53. The molecule has 0 bridgehead atoms. The Morgan fingerprint density at radius 3 is 2.89 bits per heavy atom. The largest absolute Gasteiger partial charge is 0.381 e. The fraction of sp³-hybridized carbons (Fsp3) is 0.800. The Hall–Kier alpha value is -0.870. The van der Waals surface area contributed by atoms with Crippen molar-refractivity contribution >= 4 is 0 Å². The van der Waals surface area contributed by atoms with Gasteiger partial charge in [-0.05, 0) is 50.6 Å². The summed E-state index contributed by atoms with van der Waals surface area (Å²) < 4.78 is 5.47. The SMILES string of the molecule is Cc1cn[nH]c1[C@@H]1CCCCN1CC1CCOCC1. The highest BCUT2D eigenvalue weighted by Crippen LogP contribution is 2.32. The summed E-state index contributed by atoms with van der Waals surface area (Å²) >= 11 is 0. The standard InChI is InChI=1S/C15H25N3O/c1-12-10-16-17-15(12)14-4-2-3-7-18(14)11-13-5-8-19-9-6-13/h10,13-14H,2-9,11H2,1H3,(H,16,17)/t14-/m0/s1. The van der Waals surface area contributed by atoms with Crippen molar-refractivity contribution in [2.75, 3.05) is 26.3 Å². The zero-order valence-electron chi connectivity index (χ0n) is 11.9. The highest BCUT2D eigenvalue weighted by atomic mass is 16.5. The molecule has 1 N–H and O–H groups in total. The molecule has 0 aromatic carbocycles. The van der Waals surface area contributed by atoms with Gasteiger partial charge in [0.2, 0.25) is 0 Å². The third-order valence-corrected chi connectivity index (χ3v) is 4.65. The van der Waals surface area contributed by atoms with Gasteiger partial charge >= 0.3 is 0 Å². The van der Waals surface area contributed by atoms with Gasteiger partial charge in [0.15, 0.2) is 0 Å². The van der Waals surface area contributed by atoms with Gasteiger partial charge in [0.1, 0.15) is 0 Å². The lowest BCUT2D eigenvalue weighted by molar-refractivity contribution is 0.0376. The van der Waals surface area contributed by atoms with Crippen LogP contribution in [0.2, 0.25) is 0 Å². The van der Waals surface area contributed by atoms with E-state index in [1.165, 1.54) is 56.5 Å². The normalized spacial score (nSPS) is 26.7. The monoisotopic (exact) mass is 263 g/mol. The van der Waals surface area contributed by atoms with Crippen LogP contribution in [-0.2, 0) is 4.74 Å². The molecule has 2 aliphatic rings. The molecule has 0 amide bonds. The first-order chi connectivity index (χ1) is 9.34. The minimum Gasteiger partial charge on any atom is -0.381 e. The molecule has 0 radical (unpaired) electrons. The van der Waals surface area contributed by atoms with Crippen LogP contribution in [0.4, 0.5) is 0 Å². The topological polar surface area (TPSA) is 41.2 Å². The Bertz CT molecular complexity index is 398. The lowest BCUT2D eigenvalue weighted by Crippen LogP contribution is -2.38. The highest BCUT2D eigenvalue weighted by molar-refractivity contribution is 5.18. The molecule has 3 rings (SSSR count). The summed E-state index contributed by atoms with van der Waals surface area (Å²) in [6, 6.07) is 0.555. The number of piperidine rings is 1. The molecule has 1 atom stereocenters. The zero-order chi connectivity index (χ0) is 13.1. The van der Waals surface area contributed by atoms with E-state index in [0.29, 0.717) is 6.04 Å². The smallest absolute Gasteiger partial charge is 0.0552 e. The van der Waals surface area contributed by atoms with Gasteiger partial charge in [-0.3, -0.25) is 10.00 Å². The minimum atomic E-state index is 0.555. The number of aromatic nitrogens is 2. The van der Waals surface area contributed by atoms with Crippen LogP contribution in [0.3, 0.4) is 0 Å². The molecule has 19 heavy (non-hydrogen) atoms. The van der Waals surface area contributed by atoms with Gasteiger partial charge in [0, 0.05) is 19.8 Å². The van der Waals surface area contributed by atoms with E-state index in [2.05, 4.69) is 22.0 Å². The van der Waals surface area contributed by atoms with E-state index in [-0.39, 0.29) is 0 Å². The van der Waals surface area contributed by atoms with Crippen molar-refractivity contribution in [1.82, 2.24) is 15.1 Å². The zero-order valence-corrected chi connectivity index (χ0v) is 11.9. The Labute approximate surface area is 115 Å². The fourth-order valence-electron chi connectivity index (χ4n) is 3.49. The number of aromatic amines is 1. The first-order valence-corrected chi connectivity index (χ1v) is 7.66. The van der Waals surface area contributed by atoms with E-state index >= 15 is 0 Å². The molecule has 1 aromatic rings. The average molecular weight is 263 g/mol. The molecule has 0 saturated carbocycles. The molecule has 0 aliphatic carbocycles. The maximum atomic E-state index is 5.47. The molecular formula is C15H25N3O. The van der Waals surface area contributed by atoms with Crippen molar-refractivity contribution < 1.29 is 4.74 Å². The lowest BCUT2D eigenvalue weighted by atomic mass is 9.93. The van der Waals surface area contributed by atoms with Crippen molar-refractivity contribution in [2.45, 2.75) is 45.1 Å². The molecule has 2 aliphatic heterocycles. The predicted octanol–water partition coefficient (Wildman–Crippen LogP) is 2.67. The van der Waals surface area contributed by atoms with Gasteiger partial charge in [0.25, 0.3) is 0 Å². The van der Waals surface area contributed by atoms with E-state index in [0.717, 1.165) is 19.1 Å². The van der Waals surface area contributed by atoms with E-state index in [1.807, 2.05) is 6.20 Å². The Balaban J connectivity index is 1.68. The predicted molar refractivity (Wildman–Crippen MR) is 75.0 cm³/mol. The third kappa shape index (κ3) is 3.00. The van der Waals surface area contributed by atoms with Crippen molar-refractivity contribution in [3.05, 3.63) is 17.5 Å². The Morgan fingerprint density at radius 2 is 2.16 bits per heavy atom. The molecule has 0 unspecified atom stereocenters. The van der Waals surface area contributed by atoms with E-state index in [4.69, 9.17) is 4.74 Å². The van der Waals surface area contributed by atoms with Crippen molar-refractivity contribution in [2.24, 2.45) is 5.92 Å². The van der Waals surface area contributed by atoms with Crippen LogP contribution in [0.15, 0.2) is 6.20 Å². The first kappa shape index (κ1) is 13.1. The summed E-state index contributed by atoms with van der Waals surface area (Å²) in [5, 5.41) is 7.43. The van der Waals surface area contributed by atoms with Crippen molar-refractivity contribution in [1.29, 1.82) is 0 Å². The van der Waals surface area contributed by atoms with Crippen LogP contribution in [0.25, 0.3) is 0 Å². The second-order valence-electron chi connectivity index (χ2n) is 6.03. The number of rotatable bonds is 3. The Morgan fingerprint density at radius 1 is 1.32 bits per heavy atom. The van der Waals surface area contributed by atoms with Crippen molar-refractivity contribution in [3.8, 4) is 0 Å². The summed E-state index contributed by atoms with van der Waals surface area (Å²) in [5.41, 5.74) is 2.65. The molecule has 2 fully saturated rings. The van der Waals surface area contributed by atoms with Gasteiger partial charge in [-0.15, -0.1) is 0 Å². The molecule has 4 heteroatoms. The number of H-pyrrole nitrogens is 1. The third-order valence-electron chi connectivity index (χ3n) is 4.65. The molecule has 3 heterocycles. The van der Waals surface area contributed by atoms with Gasteiger partial charge in [-0.25, -0.2) is 0 Å². The molecule has 106 valence electrons. The number of likely N-dealkylation sites (tertiary alicyclic amines) is 1. The maximum Gasteiger partial charge on any atom is 0.0552 e. The minimum absolute atomic E-state index is 0.555. The Kier molecular flexibility index (Phi) is 4.18. The van der Waals surface area contributed by atoms with Gasteiger partial charge in [0.05, 0.1) is 17.9 Å². The first-order valence-electron chi connectivity index (χ1n) is 7.66. The molecular weight excluding hydrogens is 238 g/mol.